The van der Waals surface area contributed by atoms with Gasteiger partial charge in [-0.2, -0.15) is 5.10 Å². The van der Waals surface area contributed by atoms with Crippen molar-refractivity contribution in [3.05, 3.63) is 113 Å². The maximum absolute atomic E-state index is 12.5. The van der Waals surface area contributed by atoms with Gasteiger partial charge in [0.15, 0.2) is 11.5 Å². The fourth-order valence-corrected chi connectivity index (χ4v) is 3.65. The third kappa shape index (κ3) is 5.47. The number of hydrazone groups is 1. The number of ether oxygens (including phenoxy) is 2. The van der Waals surface area contributed by atoms with Gasteiger partial charge in [-0.15, -0.1) is 0 Å². The maximum Gasteiger partial charge on any atom is 0.343 e. The molecule has 0 spiro atoms. The predicted molar refractivity (Wildman–Crippen MR) is 135 cm³/mol. The molecule has 0 aliphatic carbocycles. The monoisotopic (exact) mass is 467 g/mol. The van der Waals surface area contributed by atoms with Crippen molar-refractivity contribution in [1.82, 2.24) is 9.99 Å². The summed E-state index contributed by atoms with van der Waals surface area (Å²) in [4.78, 5) is 24.8. The van der Waals surface area contributed by atoms with Crippen LogP contribution in [0, 0.1) is 13.8 Å². The Morgan fingerprint density at radius 1 is 0.829 bits per heavy atom. The summed E-state index contributed by atoms with van der Waals surface area (Å²) in [5, 5.41) is 4.04. The molecule has 7 heteroatoms. The zero-order chi connectivity index (χ0) is 24.8. The van der Waals surface area contributed by atoms with Gasteiger partial charge in [-0.3, -0.25) is 4.79 Å². The SMILES string of the molecule is COc1cc(/C=N/NC(=O)c2ccc(-n3c(C)ccc3C)cc2)ccc1OC(=O)c1ccccc1. The molecular weight excluding hydrogens is 442 g/mol. The van der Waals surface area contributed by atoms with Gasteiger partial charge in [0.25, 0.3) is 5.91 Å². The van der Waals surface area contributed by atoms with Crippen LogP contribution in [0.5, 0.6) is 11.5 Å². The smallest absolute Gasteiger partial charge is 0.343 e. The van der Waals surface area contributed by atoms with Crippen molar-refractivity contribution in [1.29, 1.82) is 0 Å². The molecule has 0 saturated heterocycles. The number of rotatable bonds is 7. The lowest BCUT2D eigenvalue weighted by atomic mass is 10.2. The first-order valence-electron chi connectivity index (χ1n) is 11.0. The van der Waals surface area contributed by atoms with Gasteiger partial charge >= 0.3 is 5.97 Å². The molecule has 0 radical (unpaired) electrons. The van der Waals surface area contributed by atoms with E-state index in [1.807, 2.05) is 32.0 Å². The summed E-state index contributed by atoms with van der Waals surface area (Å²) in [5.74, 6) is -0.147. The van der Waals surface area contributed by atoms with E-state index in [1.54, 1.807) is 54.6 Å². The molecule has 7 nitrogen and oxygen atoms in total. The second-order valence-corrected chi connectivity index (χ2v) is 7.86. The Labute approximate surface area is 203 Å². The van der Waals surface area contributed by atoms with Crippen molar-refractivity contribution in [2.24, 2.45) is 5.10 Å². The van der Waals surface area contributed by atoms with Crippen molar-refractivity contribution in [3.8, 4) is 17.2 Å². The van der Waals surface area contributed by atoms with Gasteiger partial charge in [0.1, 0.15) is 0 Å². The van der Waals surface area contributed by atoms with Crippen molar-refractivity contribution < 1.29 is 19.1 Å². The van der Waals surface area contributed by atoms with Crippen molar-refractivity contribution in [2.45, 2.75) is 13.8 Å². The highest BCUT2D eigenvalue weighted by Gasteiger charge is 2.12. The summed E-state index contributed by atoms with van der Waals surface area (Å²) in [7, 11) is 1.48. The molecule has 0 fully saturated rings. The average molecular weight is 468 g/mol. The number of carbonyl (C=O) groups is 2. The standard InChI is InChI=1S/C28H25N3O4/c1-19-9-10-20(2)31(19)24-14-12-22(13-15-24)27(32)30-29-18-21-11-16-25(26(17-21)34-3)35-28(33)23-7-5-4-6-8-23/h4-18H,1-3H3,(H,30,32)/b29-18+. The Morgan fingerprint density at radius 3 is 2.17 bits per heavy atom. The number of amides is 1. The highest BCUT2D eigenvalue weighted by atomic mass is 16.6. The fraction of sp³-hybridized carbons (Fsp3) is 0.107. The number of esters is 1. The number of nitrogens with zero attached hydrogens (tertiary/aromatic N) is 2. The van der Waals surface area contributed by atoms with Crippen LogP contribution in [0.25, 0.3) is 5.69 Å². The van der Waals surface area contributed by atoms with Crippen LogP contribution in [0.15, 0.2) is 90.0 Å². The van der Waals surface area contributed by atoms with Gasteiger partial charge in [-0.1, -0.05) is 18.2 Å². The van der Waals surface area contributed by atoms with E-state index < -0.39 is 5.97 Å². The van der Waals surface area contributed by atoms with Crippen LogP contribution in [0.3, 0.4) is 0 Å². The molecule has 0 bridgehead atoms. The van der Waals surface area contributed by atoms with Crippen LogP contribution in [0.2, 0.25) is 0 Å². The van der Waals surface area contributed by atoms with E-state index in [0.29, 0.717) is 22.4 Å². The van der Waals surface area contributed by atoms with Gasteiger partial charge < -0.3 is 14.0 Å². The van der Waals surface area contributed by atoms with E-state index in [0.717, 1.165) is 17.1 Å². The van der Waals surface area contributed by atoms with Gasteiger partial charge in [0, 0.05) is 22.6 Å². The van der Waals surface area contributed by atoms with Crippen LogP contribution in [0.4, 0.5) is 0 Å². The van der Waals surface area contributed by atoms with Crippen molar-refractivity contribution in [2.75, 3.05) is 7.11 Å². The number of methoxy groups -OCH3 is 1. The maximum atomic E-state index is 12.5. The molecule has 0 aliphatic rings. The van der Waals surface area contributed by atoms with Gasteiger partial charge in [-0.05, 0) is 86.1 Å². The lowest BCUT2D eigenvalue weighted by molar-refractivity contribution is 0.0729. The van der Waals surface area contributed by atoms with Gasteiger partial charge in [-0.25, -0.2) is 10.2 Å². The Kier molecular flexibility index (Phi) is 7.07. The first kappa shape index (κ1) is 23.5. The third-order valence-electron chi connectivity index (χ3n) is 5.44. The summed E-state index contributed by atoms with van der Waals surface area (Å²) in [5.41, 5.74) is 7.37. The van der Waals surface area contributed by atoms with Crippen LogP contribution >= 0.6 is 0 Å². The Morgan fingerprint density at radius 2 is 1.51 bits per heavy atom. The molecule has 1 aromatic heterocycles. The summed E-state index contributed by atoms with van der Waals surface area (Å²) >= 11 is 0. The largest absolute Gasteiger partial charge is 0.493 e. The summed E-state index contributed by atoms with van der Waals surface area (Å²) in [6.07, 6.45) is 1.49. The number of aromatic nitrogens is 1. The van der Waals surface area contributed by atoms with Crippen LogP contribution in [-0.2, 0) is 0 Å². The minimum Gasteiger partial charge on any atom is -0.493 e. The minimum atomic E-state index is -0.481. The molecule has 0 saturated carbocycles. The Bertz CT molecular complexity index is 1350. The molecule has 0 unspecified atom stereocenters. The highest BCUT2D eigenvalue weighted by molar-refractivity contribution is 5.95. The summed E-state index contributed by atoms with van der Waals surface area (Å²) in [6, 6.07) is 25.1. The molecule has 4 rings (SSSR count). The van der Waals surface area contributed by atoms with E-state index in [4.69, 9.17) is 9.47 Å². The number of nitrogens with one attached hydrogen (secondary N) is 1. The second-order valence-electron chi connectivity index (χ2n) is 7.86. The van der Waals surface area contributed by atoms with Crippen molar-refractivity contribution in [3.63, 3.8) is 0 Å². The van der Waals surface area contributed by atoms with Crippen molar-refractivity contribution >= 4 is 18.1 Å². The molecule has 1 amide bonds. The summed E-state index contributed by atoms with van der Waals surface area (Å²) in [6.45, 7) is 4.08. The molecule has 176 valence electrons. The molecular formula is C28H25N3O4. The van der Waals surface area contributed by atoms with E-state index in [9.17, 15) is 9.59 Å². The number of benzene rings is 3. The molecule has 4 aromatic rings. The molecule has 0 aliphatic heterocycles. The number of carbonyl (C=O) groups excluding carboxylic acids is 2. The molecule has 0 atom stereocenters. The zero-order valence-electron chi connectivity index (χ0n) is 19.7. The fourth-order valence-electron chi connectivity index (χ4n) is 3.65. The lowest BCUT2D eigenvalue weighted by Crippen LogP contribution is -2.17. The average Bonchev–Trinajstić information content (AvgIpc) is 3.22. The second kappa shape index (κ2) is 10.5. The first-order valence-corrected chi connectivity index (χ1v) is 11.0. The predicted octanol–water partition coefficient (Wildman–Crippen LogP) is 5.09. The first-order chi connectivity index (χ1) is 17.0. The van der Waals surface area contributed by atoms with Crippen LogP contribution in [0.1, 0.15) is 37.7 Å². The summed E-state index contributed by atoms with van der Waals surface area (Å²) < 4.78 is 12.9. The highest BCUT2D eigenvalue weighted by Crippen LogP contribution is 2.28. The molecule has 35 heavy (non-hydrogen) atoms. The van der Waals surface area contributed by atoms with E-state index >= 15 is 0 Å². The zero-order valence-corrected chi connectivity index (χ0v) is 19.7. The molecule has 3 aromatic carbocycles. The van der Waals surface area contributed by atoms with E-state index in [1.165, 1.54) is 13.3 Å². The third-order valence-corrected chi connectivity index (χ3v) is 5.44. The normalized spacial score (nSPS) is 10.8. The molecule has 1 N–H and O–H groups in total. The number of aryl methyl sites for hydroxylation is 2. The van der Waals surface area contributed by atoms with Gasteiger partial charge in [0.05, 0.1) is 18.9 Å². The van der Waals surface area contributed by atoms with Gasteiger partial charge in [0.2, 0.25) is 0 Å². The lowest BCUT2D eigenvalue weighted by Gasteiger charge is -2.10. The van der Waals surface area contributed by atoms with E-state index in [2.05, 4.69) is 27.2 Å². The minimum absolute atomic E-state index is 0.288. The number of hydrogen-bond donors (Lipinski definition) is 1. The topological polar surface area (TPSA) is 81.9 Å². The number of hydrogen-bond acceptors (Lipinski definition) is 5. The Balaban J connectivity index is 1.40. The van der Waals surface area contributed by atoms with Crippen LogP contribution in [-0.4, -0.2) is 29.8 Å². The quantitative estimate of drug-likeness (QED) is 0.178. The molecule has 1 heterocycles. The van der Waals surface area contributed by atoms with Crippen LogP contribution < -0.4 is 14.9 Å². The van der Waals surface area contributed by atoms with E-state index in [-0.39, 0.29) is 11.7 Å². The Hall–Kier alpha value is -4.65.